The lowest BCUT2D eigenvalue weighted by atomic mass is 10.1. The number of carbonyl (C=O) groups is 2. The van der Waals surface area contributed by atoms with Crippen molar-refractivity contribution in [3.8, 4) is 11.8 Å². The fourth-order valence-corrected chi connectivity index (χ4v) is 1.97. The average molecular weight is 338 g/mol. The van der Waals surface area contributed by atoms with Crippen LogP contribution in [0.25, 0.3) is 0 Å². The minimum atomic E-state index is -0.653. The van der Waals surface area contributed by atoms with E-state index in [4.69, 9.17) is 14.7 Å². The molecule has 0 atom stereocenters. The first-order chi connectivity index (χ1) is 12.0. The van der Waals surface area contributed by atoms with Crippen molar-refractivity contribution in [1.82, 2.24) is 0 Å². The summed E-state index contributed by atoms with van der Waals surface area (Å²) >= 11 is 0. The number of ether oxygens (including phenoxy) is 2. The van der Waals surface area contributed by atoms with Crippen LogP contribution in [0.4, 0.5) is 5.69 Å². The second-order valence-corrected chi connectivity index (χ2v) is 5.43. The lowest BCUT2D eigenvalue weighted by Gasteiger charge is -2.09. The van der Waals surface area contributed by atoms with Gasteiger partial charge in [0.1, 0.15) is 5.75 Å². The van der Waals surface area contributed by atoms with Crippen molar-refractivity contribution in [3.05, 3.63) is 59.2 Å². The van der Waals surface area contributed by atoms with Crippen LogP contribution in [0.5, 0.6) is 5.75 Å². The summed E-state index contributed by atoms with van der Waals surface area (Å²) in [4.78, 5) is 23.4. The number of carbonyl (C=O) groups excluding carboxylic acids is 2. The maximum Gasteiger partial charge on any atom is 0.344 e. The number of aryl methyl sites for hydroxylation is 2. The maximum absolute atomic E-state index is 11.8. The van der Waals surface area contributed by atoms with Crippen molar-refractivity contribution in [2.45, 2.75) is 13.8 Å². The number of nitrogens with zero attached hydrogens (tertiary/aromatic N) is 1. The van der Waals surface area contributed by atoms with Crippen molar-refractivity contribution in [2.75, 3.05) is 18.5 Å². The standard InChI is InChI=1S/C19H18N2O4/c1-13-3-6-16(9-14(13)2)21-18(22)11-25-19(23)12-24-17-7-4-15(10-20)5-8-17/h3-9H,11-12H2,1-2H3,(H,21,22). The molecule has 0 spiro atoms. The molecule has 1 N–H and O–H groups in total. The molecule has 0 fully saturated rings. The molecule has 128 valence electrons. The van der Waals surface area contributed by atoms with E-state index in [0.717, 1.165) is 11.1 Å². The van der Waals surface area contributed by atoms with Gasteiger partial charge in [-0.05, 0) is 61.4 Å². The lowest BCUT2D eigenvalue weighted by Crippen LogP contribution is -2.23. The van der Waals surface area contributed by atoms with Gasteiger partial charge in [-0.2, -0.15) is 5.26 Å². The highest BCUT2D eigenvalue weighted by atomic mass is 16.6. The normalized spacial score (nSPS) is 9.80. The number of esters is 1. The molecule has 2 rings (SSSR count). The molecule has 0 aliphatic heterocycles. The lowest BCUT2D eigenvalue weighted by molar-refractivity contribution is -0.149. The van der Waals surface area contributed by atoms with Gasteiger partial charge >= 0.3 is 5.97 Å². The Balaban J connectivity index is 1.74. The number of benzene rings is 2. The number of nitriles is 1. The summed E-state index contributed by atoms with van der Waals surface area (Å²) in [6, 6.07) is 13.9. The number of anilines is 1. The molecule has 0 saturated heterocycles. The molecule has 0 aliphatic rings. The van der Waals surface area contributed by atoms with Crippen molar-refractivity contribution in [3.63, 3.8) is 0 Å². The molecule has 0 saturated carbocycles. The van der Waals surface area contributed by atoms with Gasteiger partial charge in [0, 0.05) is 5.69 Å². The molecule has 25 heavy (non-hydrogen) atoms. The fraction of sp³-hybridized carbons (Fsp3) is 0.211. The van der Waals surface area contributed by atoms with E-state index < -0.39 is 11.9 Å². The molecule has 2 aromatic rings. The van der Waals surface area contributed by atoms with E-state index >= 15 is 0 Å². The minimum absolute atomic E-state index is 0.317. The molecule has 6 heteroatoms. The molecule has 6 nitrogen and oxygen atoms in total. The number of nitrogens with one attached hydrogen (secondary N) is 1. The second kappa shape index (κ2) is 8.50. The minimum Gasteiger partial charge on any atom is -0.482 e. The van der Waals surface area contributed by atoms with Crippen molar-refractivity contribution in [1.29, 1.82) is 5.26 Å². The predicted octanol–water partition coefficient (Wildman–Crippen LogP) is 2.74. The van der Waals surface area contributed by atoms with Gasteiger partial charge in [-0.15, -0.1) is 0 Å². The van der Waals surface area contributed by atoms with Gasteiger partial charge in [0.05, 0.1) is 11.6 Å². The first kappa shape index (κ1) is 18.0. The van der Waals surface area contributed by atoms with E-state index in [1.54, 1.807) is 30.3 Å². The van der Waals surface area contributed by atoms with Crippen LogP contribution in [0.2, 0.25) is 0 Å². The van der Waals surface area contributed by atoms with E-state index in [1.807, 2.05) is 32.0 Å². The molecule has 0 bridgehead atoms. The van der Waals surface area contributed by atoms with Crippen molar-refractivity contribution < 1.29 is 19.1 Å². The summed E-state index contributed by atoms with van der Waals surface area (Å²) in [5.74, 6) is -0.634. The third kappa shape index (κ3) is 5.66. The zero-order chi connectivity index (χ0) is 18.2. The van der Waals surface area contributed by atoms with Crippen LogP contribution in [-0.2, 0) is 14.3 Å². The van der Waals surface area contributed by atoms with Crippen LogP contribution >= 0.6 is 0 Å². The fourth-order valence-electron chi connectivity index (χ4n) is 1.97. The van der Waals surface area contributed by atoms with Crippen molar-refractivity contribution >= 4 is 17.6 Å². The molecule has 0 aromatic heterocycles. The highest BCUT2D eigenvalue weighted by Crippen LogP contribution is 2.14. The third-order valence-corrected chi connectivity index (χ3v) is 3.50. The number of rotatable bonds is 6. The van der Waals surface area contributed by atoms with Crippen LogP contribution in [0.3, 0.4) is 0 Å². The average Bonchev–Trinajstić information content (AvgIpc) is 2.61. The molecule has 0 radical (unpaired) electrons. The topological polar surface area (TPSA) is 88.4 Å². The highest BCUT2D eigenvalue weighted by Gasteiger charge is 2.09. The first-order valence-corrected chi connectivity index (χ1v) is 7.63. The monoisotopic (exact) mass is 338 g/mol. The summed E-state index contributed by atoms with van der Waals surface area (Å²) in [6.07, 6.45) is 0. The SMILES string of the molecule is Cc1ccc(NC(=O)COC(=O)COc2ccc(C#N)cc2)cc1C. The first-order valence-electron chi connectivity index (χ1n) is 7.63. The van der Waals surface area contributed by atoms with E-state index in [1.165, 1.54) is 0 Å². The molecule has 2 aromatic carbocycles. The van der Waals surface area contributed by atoms with Gasteiger partial charge in [0.2, 0.25) is 0 Å². The zero-order valence-corrected chi connectivity index (χ0v) is 14.0. The van der Waals surface area contributed by atoms with Crippen LogP contribution in [0, 0.1) is 25.2 Å². The Bertz CT molecular complexity index is 807. The van der Waals surface area contributed by atoms with Crippen LogP contribution in [0.15, 0.2) is 42.5 Å². The quantitative estimate of drug-likeness (QED) is 0.818. The zero-order valence-electron chi connectivity index (χ0n) is 14.0. The van der Waals surface area contributed by atoms with Gasteiger partial charge in [0.15, 0.2) is 13.2 Å². The van der Waals surface area contributed by atoms with E-state index in [2.05, 4.69) is 5.32 Å². The van der Waals surface area contributed by atoms with Crippen LogP contribution in [0.1, 0.15) is 16.7 Å². The smallest absolute Gasteiger partial charge is 0.344 e. The van der Waals surface area contributed by atoms with Gasteiger partial charge in [0.25, 0.3) is 5.91 Å². The van der Waals surface area contributed by atoms with E-state index in [9.17, 15) is 9.59 Å². The third-order valence-electron chi connectivity index (χ3n) is 3.50. The highest BCUT2D eigenvalue weighted by molar-refractivity contribution is 5.93. The molecule has 0 unspecified atom stereocenters. The predicted molar refractivity (Wildman–Crippen MR) is 92.2 cm³/mol. The Kier molecular flexibility index (Phi) is 6.13. The van der Waals surface area contributed by atoms with Gasteiger partial charge in [-0.1, -0.05) is 6.07 Å². The summed E-state index contributed by atoms with van der Waals surface area (Å²) in [6.45, 7) is 3.23. The Morgan fingerprint density at radius 3 is 2.40 bits per heavy atom. The Morgan fingerprint density at radius 1 is 1.04 bits per heavy atom. The molecular formula is C19H18N2O4. The largest absolute Gasteiger partial charge is 0.482 e. The van der Waals surface area contributed by atoms with Crippen LogP contribution < -0.4 is 10.1 Å². The van der Waals surface area contributed by atoms with Crippen molar-refractivity contribution in [2.24, 2.45) is 0 Å². The van der Waals surface area contributed by atoms with Crippen LogP contribution in [-0.4, -0.2) is 25.1 Å². The van der Waals surface area contributed by atoms with E-state index in [0.29, 0.717) is 17.0 Å². The summed E-state index contributed by atoms with van der Waals surface area (Å²) in [7, 11) is 0. The molecule has 0 heterocycles. The number of hydrogen-bond donors (Lipinski definition) is 1. The Labute approximate surface area is 146 Å². The molecular weight excluding hydrogens is 320 g/mol. The molecule has 0 aliphatic carbocycles. The maximum atomic E-state index is 11.8. The summed E-state index contributed by atoms with van der Waals surface area (Å²) in [5.41, 5.74) is 3.34. The Hall–Kier alpha value is -3.33. The molecule has 1 amide bonds. The van der Waals surface area contributed by atoms with Gasteiger partial charge < -0.3 is 14.8 Å². The number of hydrogen-bond acceptors (Lipinski definition) is 5. The van der Waals surface area contributed by atoms with Gasteiger partial charge in [-0.3, -0.25) is 4.79 Å². The van der Waals surface area contributed by atoms with Gasteiger partial charge in [-0.25, -0.2) is 4.79 Å². The second-order valence-electron chi connectivity index (χ2n) is 5.43. The van der Waals surface area contributed by atoms with E-state index in [-0.39, 0.29) is 13.2 Å². The summed E-state index contributed by atoms with van der Waals surface area (Å²) < 4.78 is 10.1. The Morgan fingerprint density at radius 2 is 1.76 bits per heavy atom. The summed E-state index contributed by atoms with van der Waals surface area (Å²) in [5, 5.41) is 11.4. The number of amides is 1.